The summed E-state index contributed by atoms with van der Waals surface area (Å²) in [5.41, 5.74) is 0.525. The molecule has 4 saturated carbocycles. The monoisotopic (exact) mass is 738 g/mol. The van der Waals surface area contributed by atoms with Crippen molar-refractivity contribution in [3.05, 3.63) is 23.3 Å². The van der Waals surface area contributed by atoms with Crippen LogP contribution >= 0.6 is 0 Å². The minimum absolute atomic E-state index is 0. The zero-order valence-corrected chi connectivity index (χ0v) is 36.7. The summed E-state index contributed by atoms with van der Waals surface area (Å²) in [6.45, 7) is 16.8. The molecular weight excluding hydrogens is 687 g/mol. The first-order valence-corrected chi connectivity index (χ1v) is 20.4. The molecule has 0 amide bonds. The molecule has 0 spiro atoms. The van der Waals surface area contributed by atoms with E-state index in [0.717, 1.165) is 44.9 Å². The molecule has 5 fully saturated rings. The minimum Gasteiger partial charge on any atom is -0.716 e. The SMILES string of the molecule is CC1(C)CCC[C@]2(C)O[C@H]3CC[C@](C)(C4CC[C@]5(C)C4CC[C@]4(C)c6c(OS(=O)(=O)[O-])ccc(OS(=O)(=O)[O-])c6CC54)[C@]3(C)CC[C@@H]12.[Na+].[Na+]. The first-order valence-electron chi connectivity index (χ1n) is 17.7. The van der Waals surface area contributed by atoms with Crippen LogP contribution in [0.1, 0.15) is 130 Å². The molecule has 10 atom stereocenters. The Hall–Kier alpha value is 0.600. The van der Waals surface area contributed by atoms with Crippen LogP contribution in [0.25, 0.3) is 0 Å². The average Bonchev–Trinajstić information content (AvgIpc) is 3.49. The van der Waals surface area contributed by atoms with E-state index in [-0.39, 0.29) is 110 Å². The van der Waals surface area contributed by atoms with Crippen LogP contribution in [0.3, 0.4) is 0 Å². The molecule has 13 heteroatoms. The predicted molar refractivity (Wildman–Crippen MR) is 174 cm³/mol. The Labute approximate surface area is 338 Å². The van der Waals surface area contributed by atoms with Crippen LogP contribution in [0, 0.1) is 45.3 Å². The van der Waals surface area contributed by atoms with Gasteiger partial charge in [0.1, 0.15) is 11.5 Å². The maximum Gasteiger partial charge on any atom is 1.00 e. The van der Waals surface area contributed by atoms with Crippen molar-refractivity contribution in [2.75, 3.05) is 0 Å². The van der Waals surface area contributed by atoms with Gasteiger partial charge in [-0.1, -0.05) is 48.0 Å². The summed E-state index contributed by atoms with van der Waals surface area (Å²) in [7, 11) is -10.2. The molecule has 0 N–H and O–H groups in total. The van der Waals surface area contributed by atoms with Gasteiger partial charge in [0.2, 0.25) is 0 Å². The summed E-state index contributed by atoms with van der Waals surface area (Å²) in [4.78, 5) is 0. The van der Waals surface area contributed by atoms with Crippen LogP contribution in [-0.4, -0.2) is 37.6 Å². The quantitative estimate of drug-likeness (QED) is 0.248. The predicted octanol–water partition coefficient (Wildman–Crippen LogP) is 1.20. The summed E-state index contributed by atoms with van der Waals surface area (Å²) >= 11 is 0. The van der Waals surface area contributed by atoms with E-state index >= 15 is 0 Å². The van der Waals surface area contributed by atoms with Crippen LogP contribution in [-0.2, 0) is 37.4 Å². The van der Waals surface area contributed by atoms with Crippen molar-refractivity contribution >= 4 is 20.8 Å². The number of ether oxygens (including phenoxy) is 1. The fourth-order valence-electron chi connectivity index (χ4n) is 13.5. The van der Waals surface area contributed by atoms with Crippen molar-refractivity contribution in [3.63, 3.8) is 0 Å². The van der Waals surface area contributed by atoms with E-state index in [9.17, 15) is 25.9 Å². The van der Waals surface area contributed by atoms with Crippen molar-refractivity contribution in [1.82, 2.24) is 0 Å². The van der Waals surface area contributed by atoms with E-state index in [2.05, 4.69) is 48.5 Å². The maximum absolute atomic E-state index is 11.8. The van der Waals surface area contributed by atoms with E-state index in [1.807, 2.05) is 0 Å². The van der Waals surface area contributed by atoms with Gasteiger partial charge in [-0.15, -0.1) is 0 Å². The van der Waals surface area contributed by atoms with Gasteiger partial charge in [-0.05, 0) is 135 Å². The van der Waals surface area contributed by atoms with Crippen molar-refractivity contribution < 1.29 is 98.2 Å². The molecule has 1 saturated heterocycles. The van der Waals surface area contributed by atoms with Crippen LogP contribution in [0.15, 0.2) is 12.1 Å². The van der Waals surface area contributed by atoms with Crippen LogP contribution in [0.2, 0.25) is 0 Å². The number of fused-ring (bicyclic) bond motifs is 7. The van der Waals surface area contributed by atoms with E-state index in [4.69, 9.17) is 13.1 Å². The number of hydrogen-bond acceptors (Lipinski definition) is 9. The van der Waals surface area contributed by atoms with Gasteiger partial charge in [-0.2, -0.15) is 0 Å². The van der Waals surface area contributed by atoms with Gasteiger partial charge in [0.15, 0.2) is 0 Å². The second-order valence-corrected chi connectivity index (χ2v) is 20.1. The van der Waals surface area contributed by atoms with Crippen molar-refractivity contribution in [3.8, 4) is 11.5 Å². The second-order valence-electron chi connectivity index (χ2n) is 18.1. The molecule has 0 radical (unpaired) electrons. The normalized spacial score (nSPS) is 43.7. The summed E-state index contributed by atoms with van der Waals surface area (Å²) in [6, 6.07) is 2.49. The molecule has 264 valence electrons. The summed E-state index contributed by atoms with van der Waals surface area (Å²) in [5, 5.41) is 0. The number of benzene rings is 1. The Morgan fingerprint density at radius 1 is 0.694 bits per heavy atom. The Morgan fingerprint density at radius 3 is 1.94 bits per heavy atom. The Kier molecular flexibility index (Phi) is 10.7. The van der Waals surface area contributed by atoms with E-state index in [1.54, 1.807) is 0 Å². The van der Waals surface area contributed by atoms with Crippen LogP contribution < -0.4 is 67.5 Å². The molecule has 6 aliphatic rings. The van der Waals surface area contributed by atoms with Crippen LogP contribution in [0.5, 0.6) is 11.5 Å². The third-order valence-corrected chi connectivity index (χ3v) is 16.5. The number of rotatable bonds is 5. The van der Waals surface area contributed by atoms with Crippen molar-refractivity contribution in [1.29, 1.82) is 0 Å². The molecule has 49 heavy (non-hydrogen) atoms. The minimum atomic E-state index is -5.10. The Morgan fingerprint density at radius 2 is 1.29 bits per heavy atom. The third kappa shape index (κ3) is 6.28. The Balaban J connectivity index is 0.00000234. The zero-order chi connectivity index (χ0) is 34.2. The first kappa shape index (κ1) is 40.8. The van der Waals surface area contributed by atoms with E-state index in [1.165, 1.54) is 37.8 Å². The fraction of sp³-hybridized carbons (Fsp3) is 0.833. The van der Waals surface area contributed by atoms with Crippen LogP contribution in [0.4, 0.5) is 0 Å². The van der Waals surface area contributed by atoms with E-state index < -0.39 is 26.2 Å². The molecular formula is C36H52Na2O9S2. The molecule has 1 aromatic rings. The van der Waals surface area contributed by atoms with Gasteiger partial charge in [0, 0.05) is 16.5 Å². The third-order valence-electron chi connectivity index (χ3n) is 15.8. The molecule has 1 aliphatic heterocycles. The first-order chi connectivity index (χ1) is 21.6. The molecule has 1 heterocycles. The van der Waals surface area contributed by atoms with Gasteiger partial charge in [0.25, 0.3) is 20.8 Å². The smallest absolute Gasteiger partial charge is 0.716 e. The summed E-state index contributed by atoms with van der Waals surface area (Å²) in [6.07, 6.45) is 12.6. The van der Waals surface area contributed by atoms with Gasteiger partial charge < -0.3 is 22.2 Å². The van der Waals surface area contributed by atoms with Gasteiger partial charge in [-0.25, -0.2) is 16.8 Å². The molecule has 3 unspecified atom stereocenters. The second kappa shape index (κ2) is 12.8. The molecule has 5 aliphatic carbocycles. The topological polar surface area (TPSA) is 142 Å². The summed E-state index contributed by atoms with van der Waals surface area (Å²) < 4.78 is 87.8. The van der Waals surface area contributed by atoms with Crippen molar-refractivity contribution in [2.45, 2.75) is 143 Å². The molecule has 0 bridgehead atoms. The average molecular weight is 739 g/mol. The number of hydrogen-bond donors (Lipinski definition) is 0. The molecule has 1 aromatic carbocycles. The molecule has 0 aromatic heterocycles. The molecule has 9 nitrogen and oxygen atoms in total. The Bertz CT molecular complexity index is 1700. The van der Waals surface area contributed by atoms with Gasteiger partial charge in [-0.3, -0.25) is 0 Å². The van der Waals surface area contributed by atoms with Crippen molar-refractivity contribution in [2.24, 2.45) is 45.3 Å². The zero-order valence-electron chi connectivity index (χ0n) is 31.0. The fourth-order valence-corrected chi connectivity index (χ4v) is 14.2. The van der Waals surface area contributed by atoms with E-state index in [0.29, 0.717) is 35.3 Å². The maximum atomic E-state index is 11.8. The summed E-state index contributed by atoms with van der Waals surface area (Å²) in [5.74, 6) is 1.25. The molecule has 7 rings (SSSR count). The van der Waals surface area contributed by atoms with Gasteiger partial charge in [0.05, 0.1) is 11.7 Å². The largest absolute Gasteiger partial charge is 1.00 e. The standard InChI is InChI=1S/C36H54O9S2.2Na/c1-31(2)15-8-16-36(7)27(31)13-19-35(6)29(43-36)14-20-34(35,5)24-12-17-32(3)23(24)11-18-33(4)28(32)21-22-25(44-46(37,38)39)9-10-26(30(22)33)45-47(40,41)42;;/h9-10,23-24,27-29H,8,11-21H2,1-7H3,(H,37,38,39)(H,40,41,42);;/q;2*+1/p-2/t23?,24?,27-,28?,29-,32+,33-,34+,35+,36-;;/m0../s1. The van der Waals surface area contributed by atoms with Gasteiger partial charge >= 0.3 is 59.1 Å².